The predicted molar refractivity (Wildman–Crippen MR) is 222 cm³/mol. The van der Waals surface area contributed by atoms with E-state index < -0.39 is 0 Å². The molecule has 294 valence electrons. The molecule has 6 aromatic rings. The number of nitrogens with zero attached hydrogens (tertiary/aromatic N) is 4. The van der Waals surface area contributed by atoms with Crippen molar-refractivity contribution in [3.8, 4) is 11.4 Å². The van der Waals surface area contributed by atoms with E-state index in [1.807, 2.05) is 35.2 Å². The Labute approximate surface area is 329 Å². The molecule has 2 heterocycles. The maximum atomic E-state index is 13.2. The van der Waals surface area contributed by atoms with E-state index >= 15 is 0 Å². The Morgan fingerprint density at radius 2 is 1.18 bits per heavy atom. The molecule has 4 aromatic carbocycles. The fraction of sp³-hybridized carbons (Fsp3) is 0.256. The third-order valence-electron chi connectivity index (χ3n) is 10.1. The Kier molecular flexibility index (Phi) is 12.2. The van der Waals surface area contributed by atoms with Gasteiger partial charge in [0.05, 0.1) is 48.5 Å². The van der Waals surface area contributed by atoms with Gasteiger partial charge in [-0.3, -0.25) is 14.5 Å². The van der Waals surface area contributed by atoms with E-state index in [0.29, 0.717) is 71.4 Å². The largest absolute Gasteiger partial charge is 0.395 e. The van der Waals surface area contributed by atoms with Crippen molar-refractivity contribution in [1.29, 1.82) is 0 Å². The van der Waals surface area contributed by atoms with Gasteiger partial charge in [0.1, 0.15) is 11.6 Å². The summed E-state index contributed by atoms with van der Waals surface area (Å²) in [5.41, 5.74) is 7.57. The van der Waals surface area contributed by atoms with E-state index in [0.717, 1.165) is 27.9 Å². The lowest BCUT2D eigenvalue weighted by Crippen LogP contribution is -2.42. The Morgan fingerprint density at radius 3 is 1.68 bits per heavy atom. The lowest BCUT2D eigenvalue weighted by atomic mass is 9.91. The number of aliphatic hydroxyl groups excluding tert-OH is 4. The molecule has 1 aliphatic rings. The van der Waals surface area contributed by atoms with Gasteiger partial charge < -0.3 is 45.9 Å². The van der Waals surface area contributed by atoms with E-state index in [4.69, 9.17) is 4.98 Å². The quantitative estimate of drug-likeness (QED) is 0.0685. The van der Waals surface area contributed by atoms with Crippen LogP contribution in [0.5, 0.6) is 0 Å². The second-order valence-electron chi connectivity index (χ2n) is 13.9. The van der Waals surface area contributed by atoms with Gasteiger partial charge in [0.15, 0.2) is 0 Å². The summed E-state index contributed by atoms with van der Waals surface area (Å²) in [5, 5.41) is 43.5. The molecule has 0 aliphatic heterocycles. The number of aliphatic hydroxyl groups is 4. The maximum absolute atomic E-state index is 13.2. The number of hydrogen-bond donors (Lipinski definition) is 8. The summed E-state index contributed by atoms with van der Waals surface area (Å²) in [6, 6.07) is 25.2. The van der Waals surface area contributed by atoms with Crippen LogP contribution < -0.4 is 15.5 Å². The van der Waals surface area contributed by atoms with E-state index in [-0.39, 0.29) is 50.2 Å². The minimum atomic E-state index is -0.298. The third-order valence-corrected chi connectivity index (χ3v) is 10.1. The van der Waals surface area contributed by atoms with Gasteiger partial charge in [0.2, 0.25) is 0 Å². The van der Waals surface area contributed by atoms with E-state index in [2.05, 4.69) is 49.6 Å². The van der Waals surface area contributed by atoms with Crippen molar-refractivity contribution in [3.05, 3.63) is 120 Å². The number of fused-ring (bicyclic) bond motifs is 2. The number of aromatic amines is 2. The molecular formula is C43H46N8O6. The highest BCUT2D eigenvalue weighted by Crippen LogP contribution is 2.29. The smallest absolute Gasteiger partial charge is 0.255 e. The van der Waals surface area contributed by atoms with Gasteiger partial charge >= 0.3 is 0 Å². The average Bonchev–Trinajstić information content (AvgIpc) is 3.86. The zero-order chi connectivity index (χ0) is 39.9. The summed E-state index contributed by atoms with van der Waals surface area (Å²) in [6.07, 6.45) is 6.19. The lowest BCUT2D eigenvalue weighted by molar-refractivity contribution is 0.101. The average molecular weight is 771 g/mol. The molecule has 0 radical (unpaired) electrons. The number of H-pyrrole nitrogens is 2. The van der Waals surface area contributed by atoms with Crippen LogP contribution in [-0.4, -0.2) is 116 Å². The van der Waals surface area contributed by atoms with Gasteiger partial charge in [-0.05, 0) is 90.8 Å². The number of carbonyl (C=O) groups is 2. The van der Waals surface area contributed by atoms with Crippen molar-refractivity contribution >= 4 is 56.5 Å². The number of carbonyl (C=O) groups excluding carboxylic acids is 2. The standard InChI is InChI=1S/C43H46N8O6/c1-27-24-29(6-15-39(27)51(18-22-54)19-23-55)41-47-36-14-5-31(26-38(36)49-41)43(57)45-33-9-7-32(8-10-33)44-42(56)30-4-13-35-37(25-30)48-40(46-35)28-2-11-34(12-3-28)50(16-20-52)17-21-53/h2-15,24-27,39,52-55H,16-23H2,1H3,(H,44,56)(H,45,57)(H,46,48)(H,47,49). The molecular weight excluding hydrogens is 725 g/mol. The van der Waals surface area contributed by atoms with Crippen molar-refractivity contribution in [3.63, 3.8) is 0 Å². The van der Waals surface area contributed by atoms with Crippen LogP contribution >= 0.6 is 0 Å². The number of imidazole rings is 2. The Morgan fingerprint density at radius 1 is 0.667 bits per heavy atom. The molecule has 1 aliphatic carbocycles. The number of hydrogen-bond acceptors (Lipinski definition) is 10. The van der Waals surface area contributed by atoms with Crippen LogP contribution in [-0.2, 0) is 0 Å². The number of allylic oxidation sites excluding steroid dienone is 2. The first kappa shape index (κ1) is 39.1. The third kappa shape index (κ3) is 8.96. The molecule has 7 rings (SSSR count). The summed E-state index contributed by atoms with van der Waals surface area (Å²) in [4.78, 5) is 46.5. The molecule has 2 amide bonds. The maximum Gasteiger partial charge on any atom is 0.255 e. The van der Waals surface area contributed by atoms with Crippen LogP contribution in [0.25, 0.3) is 39.0 Å². The van der Waals surface area contributed by atoms with Crippen molar-refractivity contribution < 1.29 is 30.0 Å². The Hall–Kier alpha value is -6.16. The molecule has 2 unspecified atom stereocenters. The number of nitrogens with one attached hydrogen (secondary N) is 4. The number of aromatic nitrogens is 4. The molecule has 8 N–H and O–H groups in total. The van der Waals surface area contributed by atoms with Gasteiger partial charge in [0, 0.05) is 71.5 Å². The zero-order valence-electron chi connectivity index (χ0n) is 31.5. The van der Waals surface area contributed by atoms with E-state index in [9.17, 15) is 30.0 Å². The summed E-state index contributed by atoms with van der Waals surface area (Å²) in [6.45, 7) is 3.90. The molecule has 14 nitrogen and oxygen atoms in total. The summed E-state index contributed by atoms with van der Waals surface area (Å²) >= 11 is 0. The van der Waals surface area contributed by atoms with Gasteiger partial charge in [-0.25, -0.2) is 9.97 Å². The Bertz CT molecular complexity index is 2390. The predicted octanol–water partition coefficient (Wildman–Crippen LogP) is 4.65. The van der Waals surface area contributed by atoms with Gasteiger partial charge in [-0.1, -0.05) is 25.2 Å². The first-order valence-corrected chi connectivity index (χ1v) is 18.9. The number of amides is 2. The van der Waals surface area contributed by atoms with E-state index in [1.165, 1.54) is 0 Å². The van der Waals surface area contributed by atoms with Crippen molar-refractivity contribution in [2.24, 2.45) is 5.92 Å². The SMILES string of the molecule is CC1C=C(c2nc3ccc(C(=O)Nc4ccc(NC(=O)c5ccc6nc(-c7ccc(N(CCO)CCO)cc7)[nH]c6c5)cc4)cc3[nH]2)C=CC1N(CCO)CCO. The molecule has 0 saturated heterocycles. The molecule has 14 heteroatoms. The van der Waals surface area contributed by atoms with Gasteiger partial charge in [-0.15, -0.1) is 0 Å². The van der Waals surface area contributed by atoms with Crippen molar-refractivity contribution in [1.82, 2.24) is 24.8 Å². The topological polar surface area (TPSA) is 203 Å². The highest BCUT2D eigenvalue weighted by atomic mass is 16.3. The van der Waals surface area contributed by atoms with Crippen LogP contribution in [0.1, 0.15) is 33.5 Å². The second-order valence-corrected chi connectivity index (χ2v) is 13.9. The molecule has 0 spiro atoms. The Balaban J connectivity index is 0.961. The minimum Gasteiger partial charge on any atom is -0.395 e. The highest BCUT2D eigenvalue weighted by Gasteiger charge is 2.24. The number of benzene rings is 4. The summed E-state index contributed by atoms with van der Waals surface area (Å²) in [7, 11) is 0. The lowest BCUT2D eigenvalue weighted by Gasteiger charge is -2.33. The molecule has 0 saturated carbocycles. The normalized spacial score (nSPS) is 15.3. The van der Waals surface area contributed by atoms with Crippen LogP contribution in [0, 0.1) is 5.92 Å². The fourth-order valence-electron chi connectivity index (χ4n) is 7.15. The summed E-state index contributed by atoms with van der Waals surface area (Å²) in [5.74, 6) is 0.881. The molecule has 2 aromatic heterocycles. The first-order chi connectivity index (χ1) is 27.8. The highest BCUT2D eigenvalue weighted by molar-refractivity contribution is 6.07. The van der Waals surface area contributed by atoms with Crippen molar-refractivity contribution in [2.75, 3.05) is 68.1 Å². The minimum absolute atomic E-state index is 0.0149. The monoisotopic (exact) mass is 770 g/mol. The molecule has 57 heavy (non-hydrogen) atoms. The summed E-state index contributed by atoms with van der Waals surface area (Å²) < 4.78 is 0. The number of rotatable bonds is 16. The van der Waals surface area contributed by atoms with Gasteiger partial charge in [-0.2, -0.15) is 0 Å². The zero-order valence-corrected chi connectivity index (χ0v) is 31.5. The number of anilines is 3. The van der Waals surface area contributed by atoms with Crippen LogP contribution in [0.4, 0.5) is 17.1 Å². The van der Waals surface area contributed by atoms with Crippen LogP contribution in [0.3, 0.4) is 0 Å². The van der Waals surface area contributed by atoms with Gasteiger partial charge in [0.25, 0.3) is 11.8 Å². The van der Waals surface area contributed by atoms with Crippen LogP contribution in [0.2, 0.25) is 0 Å². The fourth-order valence-corrected chi connectivity index (χ4v) is 7.15. The second kappa shape index (κ2) is 17.7. The van der Waals surface area contributed by atoms with Crippen LogP contribution in [0.15, 0.2) is 103 Å². The van der Waals surface area contributed by atoms with Crippen molar-refractivity contribution in [2.45, 2.75) is 13.0 Å². The molecule has 0 bridgehead atoms. The first-order valence-electron chi connectivity index (χ1n) is 18.9. The molecule has 0 fully saturated rings. The van der Waals surface area contributed by atoms with E-state index in [1.54, 1.807) is 60.7 Å². The molecule has 2 atom stereocenters.